The molecule has 2 heterocycles. The van der Waals surface area contributed by atoms with Crippen LogP contribution >= 0.6 is 0 Å². The number of nitrogens with zero attached hydrogens (tertiary/aromatic N) is 2. The van der Waals surface area contributed by atoms with Crippen LogP contribution in [0.15, 0.2) is 0 Å². The number of carbonyl (C=O) groups is 3. The Balaban J connectivity index is 2.37. The molecule has 2 bridgehead atoms. The highest BCUT2D eigenvalue weighted by atomic mass is 16.2. The Hall–Kier alpha value is -1.79. The SMILES string of the molecule is CC12CN(C(N)=O)CC(C)(CN(C(N)=O)C1)C2=O. The Morgan fingerprint density at radius 1 is 0.944 bits per heavy atom. The van der Waals surface area contributed by atoms with Gasteiger partial charge >= 0.3 is 12.1 Å². The van der Waals surface area contributed by atoms with Crippen molar-refractivity contribution in [1.82, 2.24) is 9.80 Å². The van der Waals surface area contributed by atoms with Crippen molar-refractivity contribution in [2.45, 2.75) is 13.8 Å². The van der Waals surface area contributed by atoms with Gasteiger partial charge in [-0.3, -0.25) is 4.79 Å². The van der Waals surface area contributed by atoms with Crippen molar-refractivity contribution in [2.24, 2.45) is 22.3 Å². The predicted octanol–water partition coefficient (Wildman–Crippen LogP) is -0.643. The molecule has 0 saturated carbocycles. The number of hydrogen-bond acceptors (Lipinski definition) is 3. The molecule has 7 heteroatoms. The van der Waals surface area contributed by atoms with E-state index in [1.54, 1.807) is 13.8 Å². The molecule has 18 heavy (non-hydrogen) atoms. The van der Waals surface area contributed by atoms with E-state index >= 15 is 0 Å². The van der Waals surface area contributed by atoms with Crippen molar-refractivity contribution in [1.29, 1.82) is 0 Å². The van der Waals surface area contributed by atoms with Gasteiger partial charge in [0.1, 0.15) is 0 Å². The zero-order chi connectivity index (χ0) is 13.7. The molecule has 2 fully saturated rings. The molecule has 0 spiro atoms. The number of rotatable bonds is 0. The maximum atomic E-state index is 12.4. The number of nitrogens with two attached hydrogens (primary N) is 2. The first-order chi connectivity index (χ1) is 8.18. The topological polar surface area (TPSA) is 110 Å². The fraction of sp³-hybridized carbons (Fsp3) is 0.727. The van der Waals surface area contributed by atoms with Crippen LogP contribution in [-0.4, -0.2) is 53.8 Å². The molecule has 0 atom stereocenters. The van der Waals surface area contributed by atoms with Gasteiger partial charge in [-0.25, -0.2) is 9.59 Å². The molecule has 100 valence electrons. The smallest absolute Gasteiger partial charge is 0.314 e. The van der Waals surface area contributed by atoms with Crippen LogP contribution in [0.5, 0.6) is 0 Å². The molecule has 2 rings (SSSR count). The summed E-state index contributed by atoms with van der Waals surface area (Å²) in [5.74, 6) is 0.0741. The van der Waals surface area contributed by atoms with Crippen LogP contribution in [0.1, 0.15) is 13.8 Å². The number of ketones is 1. The monoisotopic (exact) mass is 254 g/mol. The number of amides is 4. The average Bonchev–Trinajstić information content (AvgIpc) is 2.22. The normalized spacial score (nSPS) is 35.6. The highest BCUT2D eigenvalue weighted by Gasteiger charge is 2.57. The van der Waals surface area contributed by atoms with Crippen LogP contribution in [0, 0.1) is 10.8 Å². The first kappa shape index (κ1) is 12.7. The minimum atomic E-state index is -0.782. The van der Waals surface area contributed by atoms with Crippen molar-refractivity contribution < 1.29 is 14.4 Å². The highest BCUT2D eigenvalue weighted by Crippen LogP contribution is 2.42. The highest BCUT2D eigenvalue weighted by molar-refractivity contribution is 5.95. The second-order valence-corrected chi connectivity index (χ2v) is 5.84. The third-order valence-electron chi connectivity index (χ3n) is 3.88. The van der Waals surface area contributed by atoms with Gasteiger partial charge in [0.25, 0.3) is 0 Å². The molecule has 7 nitrogen and oxygen atoms in total. The van der Waals surface area contributed by atoms with Gasteiger partial charge < -0.3 is 21.3 Å². The van der Waals surface area contributed by atoms with Gasteiger partial charge in [0.2, 0.25) is 0 Å². The quantitative estimate of drug-likeness (QED) is 0.599. The number of carbonyl (C=O) groups excluding carboxylic acids is 3. The van der Waals surface area contributed by atoms with Gasteiger partial charge in [0.15, 0.2) is 5.78 Å². The first-order valence-corrected chi connectivity index (χ1v) is 5.82. The standard InChI is InChI=1S/C11H18N4O3/c1-10-3-14(8(12)17)5-11(2,7(10)16)6-15(4-10)9(13)18/h3-6H2,1-2H3,(H2,12,17)(H2,13,18). The molecule has 2 aliphatic heterocycles. The maximum Gasteiger partial charge on any atom is 0.314 e. The summed E-state index contributed by atoms with van der Waals surface area (Å²) >= 11 is 0. The molecule has 2 aliphatic rings. The third kappa shape index (κ3) is 1.70. The maximum absolute atomic E-state index is 12.4. The summed E-state index contributed by atoms with van der Waals surface area (Å²) in [6, 6.07) is -1.07. The van der Waals surface area contributed by atoms with E-state index in [1.165, 1.54) is 9.80 Å². The zero-order valence-electron chi connectivity index (χ0n) is 10.6. The van der Waals surface area contributed by atoms with Crippen molar-refractivity contribution in [2.75, 3.05) is 26.2 Å². The van der Waals surface area contributed by atoms with Gasteiger partial charge in [0, 0.05) is 26.2 Å². The number of likely N-dealkylation sites (tertiary alicyclic amines) is 2. The zero-order valence-corrected chi connectivity index (χ0v) is 10.6. The van der Waals surface area contributed by atoms with Crippen molar-refractivity contribution >= 4 is 17.8 Å². The molecule has 2 saturated heterocycles. The van der Waals surface area contributed by atoms with E-state index in [2.05, 4.69) is 0 Å². The average molecular weight is 254 g/mol. The Kier molecular flexibility index (Phi) is 2.53. The molecule has 0 radical (unpaired) electrons. The molecule has 0 aromatic heterocycles. The van der Waals surface area contributed by atoms with Crippen molar-refractivity contribution in [3.63, 3.8) is 0 Å². The molecule has 0 aliphatic carbocycles. The summed E-state index contributed by atoms with van der Waals surface area (Å²) in [4.78, 5) is 38.0. The summed E-state index contributed by atoms with van der Waals surface area (Å²) in [6.07, 6.45) is 0. The Bertz CT molecular complexity index is 384. The second-order valence-electron chi connectivity index (χ2n) is 5.84. The van der Waals surface area contributed by atoms with E-state index in [0.29, 0.717) is 0 Å². The predicted molar refractivity (Wildman–Crippen MR) is 63.5 cm³/mol. The largest absolute Gasteiger partial charge is 0.351 e. The van der Waals surface area contributed by atoms with Gasteiger partial charge in [-0.15, -0.1) is 0 Å². The molecule has 4 amide bonds. The van der Waals surface area contributed by atoms with Crippen molar-refractivity contribution in [3.8, 4) is 0 Å². The summed E-state index contributed by atoms with van der Waals surface area (Å²) < 4.78 is 0. The van der Waals surface area contributed by atoms with Crippen LogP contribution < -0.4 is 11.5 Å². The van der Waals surface area contributed by atoms with Gasteiger partial charge in [-0.05, 0) is 13.8 Å². The number of urea groups is 2. The van der Waals surface area contributed by atoms with E-state index in [4.69, 9.17) is 11.5 Å². The molecular weight excluding hydrogens is 236 g/mol. The number of piperidine rings is 2. The molecule has 0 aromatic carbocycles. The van der Waals surface area contributed by atoms with Crippen LogP contribution in [0.25, 0.3) is 0 Å². The van der Waals surface area contributed by atoms with Crippen LogP contribution in [0.3, 0.4) is 0 Å². The summed E-state index contributed by atoms with van der Waals surface area (Å²) in [6.45, 7) is 4.44. The third-order valence-corrected chi connectivity index (χ3v) is 3.88. The fourth-order valence-corrected chi connectivity index (χ4v) is 3.22. The number of hydrogen-bond donors (Lipinski definition) is 2. The van der Waals surface area contributed by atoms with Crippen LogP contribution in [0.4, 0.5) is 9.59 Å². The van der Waals surface area contributed by atoms with E-state index < -0.39 is 22.9 Å². The molecular formula is C11H18N4O3. The lowest BCUT2D eigenvalue weighted by Gasteiger charge is -2.54. The Morgan fingerprint density at radius 3 is 1.44 bits per heavy atom. The molecule has 4 N–H and O–H groups in total. The molecule has 0 aromatic rings. The van der Waals surface area contributed by atoms with Gasteiger partial charge in [0.05, 0.1) is 10.8 Å². The molecule has 0 unspecified atom stereocenters. The van der Waals surface area contributed by atoms with E-state index in [-0.39, 0.29) is 32.0 Å². The van der Waals surface area contributed by atoms with Gasteiger partial charge in [-0.2, -0.15) is 0 Å². The Labute approximate surface area is 105 Å². The number of primary amides is 2. The lowest BCUT2D eigenvalue weighted by Crippen LogP contribution is -2.70. The van der Waals surface area contributed by atoms with E-state index in [0.717, 1.165) is 0 Å². The lowest BCUT2D eigenvalue weighted by molar-refractivity contribution is -0.152. The minimum Gasteiger partial charge on any atom is -0.351 e. The van der Waals surface area contributed by atoms with E-state index in [9.17, 15) is 14.4 Å². The van der Waals surface area contributed by atoms with Crippen LogP contribution in [0.2, 0.25) is 0 Å². The lowest BCUT2D eigenvalue weighted by atomic mass is 9.64. The summed E-state index contributed by atoms with van der Waals surface area (Å²) in [5.41, 5.74) is 9.03. The van der Waals surface area contributed by atoms with E-state index in [1.807, 2.05) is 0 Å². The minimum absolute atomic E-state index is 0.0741. The number of Topliss-reactive ketones (excluding diaryl/α,β-unsaturated/α-hetero) is 1. The first-order valence-electron chi connectivity index (χ1n) is 5.82. The second kappa shape index (κ2) is 3.60. The fourth-order valence-electron chi connectivity index (χ4n) is 3.22. The number of fused-ring (bicyclic) bond motifs is 2. The Morgan fingerprint density at radius 2 is 1.22 bits per heavy atom. The summed E-state index contributed by atoms with van der Waals surface area (Å²) in [5, 5.41) is 0. The summed E-state index contributed by atoms with van der Waals surface area (Å²) in [7, 11) is 0. The van der Waals surface area contributed by atoms with Crippen LogP contribution in [-0.2, 0) is 4.79 Å². The van der Waals surface area contributed by atoms with Gasteiger partial charge in [-0.1, -0.05) is 0 Å². The van der Waals surface area contributed by atoms with Crippen molar-refractivity contribution in [3.05, 3.63) is 0 Å².